The van der Waals surface area contributed by atoms with Crippen LogP contribution < -0.4 is 5.73 Å². The third kappa shape index (κ3) is 6.10. The topological polar surface area (TPSA) is 150 Å². The number of aromatic nitrogens is 6. The number of nitrogens with two attached hydrogens (primary N) is 1. The van der Waals surface area contributed by atoms with Crippen LogP contribution in [0.15, 0.2) is 97.8 Å². The SMILES string of the molecule is CCO.Nc1ccc(-c2cn3cccnc3n2)cc1.O=[N+]([O-])c1ccc(-c2cn3cccnc3n2)cc1. The van der Waals surface area contributed by atoms with Crippen molar-refractivity contribution < 1.29 is 10.0 Å². The molecule has 6 aromatic rings. The van der Waals surface area contributed by atoms with Gasteiger partial charge >= 0.3 is 0 Å². The van der Waals surface area contributed by atoms with Gasteiger partial charge in [0.05, 0.1) is 16.3 Å². The van der Waals surface area contributed by atoms with Gasteiger partial charge < -0.3 is 10.8 Å². The van der Waals surface area contributed by atoms with Crippen molar-refractivity contribution in [2.75, 3.05) is 12.3 Å². The Kier molecular flexibility index (Phi) is 7.76. The molecule has 0 unspecified atom stereocenters. The molecule has 2 aromatic carbocycles. The zero-order valence-corrected chi connectivity index (χ0v) is 19.9. The first-order chi connectivity index (χ1) is 18.0. The van der Waals surface area contributed by atoms with E-state index in [0.717, 1.165) is 28.2 Å². The molecule has 0 saturated heterocycles. The highest BCUT2D eigenvalue weighted by atomic mass is 16.6. The predicted octanol–water partition coefficient (Wildman–Crippen LogP) is 4.28. The summed E-state index contributed by atoms with van der Waals surface area (Å²) in [7, 11) is 0. The second-order valence-corrected chi connectivity index (χ2v) is 7.65. The molecule has 0 spiro atoms. The molecule has 0 saturated carbocycles. The molecule has 4 aromatic heterocycles. The van der Waals surface area contributed by atoms with E-state index in [2.05, 4.69) is 19.9 Å². The number of aliphatic hydroxyl groups is 1. The highest BCUT2D eigenvalue weighted by molar-refractivity contribution is 5.64. The smallest absolute Gasteiger partial charge is 0.269 e. The minimum Gasteiger partial charge on any atom is -0.399 e. The molecule has 37 heavy (non-hydrogen) atoms. The van der Waals surface area contributed by atoms with Crippen LogP contribution in [0.4, 0.5) is 11.4 Å². The summed E-state index contributed by atoms with van der Waals surface area (Å²) in [5.41, 5.74) is 9.97. The first-order valence-corrected chi connectivity index (χ1v) is 11.3. The van der Waals surface area contributed by atoms with Crippen LogP contribution in [0.1, 0.15) is 6.92 Å². The van der Waals surface area contributed by atoms with Crippen molar-refractivity contribution in [3.8, 4) is 22.5 Å². The number of hydrogen-bond acceptors (Lipinski definition) is 8. The molecule has 0 aliphatic carbocycles. The summed E-state index contributed by atoms with van der Waals surface area (Å²) in [6, 6.07) is 17.6. The Labute approximate surface area is 211 Å². The summed E-state index contributed by atoms with van der Waals surface area (Å²) in [5.74, 6) is 1.31. The fraction of sp³-hybridized carbons (Fsp3) is 0.0769. The van der Waals surface area contributed by atoms with Gasteiger partial charge in [0, 0.05) is 72.7 Å². The number of imidazole rings is 2. The molecule has 0 amide bonds. The number of rotatable bonds is 3. The summed E-state index contributed by atoms with van der Waals surface area (Å²) in [6.45, 7) is 1.93. The summed E-state index contributed by atoms with van der Waals surface area (Å²) >= 11 is 0. The molecule has 0 aliphatic rings. The number of hydrogen-bond donors (Lipinski definition) is 2. The summed E-state index contributed by atoms with van der Waals surface area (Å²) in [4.78, 5) is 27.2. The second kappa shape index (κ2) is 11.5. The van der Waals surface area contributed by atoms with E-state index in [9.17, 15) is 10.1 Å². The van der Waals surface area contributed by atoms with Gasteiger partial charge in [0.15, 0.2) is 0 Å². The van der Waals surface area contributed by atoms with E-state index in [1.807, 2.05) is 65.6 Å². The lowest BCUT2D eigenvalue weighted by Crippen LogP contribution is -1.87. The number of nitrogen functional groups attached to an aromatic ring is 1. The Morgan fingerprint density at radius 2 is 1.27 bits per heavy atom. The van der Waals surface area contributed by atoms with E-state index < -0.39 is 4.92 Å². The second-order valence-electron chi connectivity index (χ2n) is 7.65. The first kappa shape index (κ1) is 24.9. The fourth-order valence-electron chi connectivity index (χ4n) is 3.35. The summed E-state index contributed by atoms with van der Waals surface area (Å²) < 4.78 is 3.70. The number of anilines is 1. The van der Waals surface area contributed by atoms with Crippen LogP contribution in [0.3, 0.4) is 0 Å². The molecule has 0 aliphatic heterocycles. The lowest BCUT2D eigenvalue weighted by atomic mass is 10.1. The molecule has 0 bridgehead atoms. The summed E-state index contributed by atoms with van der Waals surface area (Å²) in [5, 5.41) is 18.1. The van der Waals surface area contributed by atoms with E-state index in [1.165, 1.54) is 12.1 Å². The zero-order chi connectivity index (χ0) is 26.2. The minimum atomic E-state index is -0.422. The van der Waals surface area contributed by atoms with Crippen molar-refractivity contribution in [1.29, 1.82) is 0 Å². The number of non-ortho nitro benzene ring substituents is 1. The predicted molar refractivity (Wildman–Crippen MR) is 141 cm³/mol. The minimum absolute atomic E-state index is 0.0700. The van der Waals surface area contributed by atoms with Crippen molar-refractivity contribution in [3.05, 3.63) is 108 Å². The highest BCUT2D eigenvalue weighted by Crippen LogP contribution is 2.22. The molecule has 11 nitrogen and oxygen atoms in total. The Morgan fingerprint density at radius 3 is 1.68 bits per heavy atom. The van der Waals surface area contributed by atoms with Gasteiger partial charge in [-0.25, -0.2) is 19.9 Å². The maximum atomic E-state index is 10.6. The Balaban J connectivity index is 0.000000157. The van der Waals surface area contributed by atoms with E-state index in [-0.39, 0.29) is 12.3 Å². The molecule has 4 heterocycles. The Bertz CT molecular complexity index is 1540. The van der Waals surface area contributed by atoms with Crippen molar-refractivity contribution in [3.63, 3.8) is 0 Å². The summed E-state index contributed by atoms with van der Waals surface area (Å²) in [6.07, 6.45) is 11.0. The van der Waals surface area contributed by atoms with Gasteiger partial charge in [-0.2, -0.15) is 0 Å². The number of benzene rings is 2. The maximum absolute atomic E-state index is 10.6. The van der Waals surface area contributed by atoms with Gasteiger partial charge in [-0.1, -0.05) is 12.1 Å². The van der Waals surface area contributed by atoms with Gasteiger partial charge in [0.1, 0.15) is 0 Å². The van der Waals surface area contributed by atoms with Crippen LogP contribution in [0.2, 0.25) is 0 Å². The van der Waals surface area contributed by atoms with Crippen molar-refractivity contribution in [2.45, 2.75) is 6.92 Å². The average Bonchev–Trinajstić information content (AvgIpc) is 3.55. The van der Waals surface area contributed by atoms with E-state index in [4.69, 9.17) is 10.8 Å². The quantitative estimate of drug-likeness (QED) is 0.209. The first-order valence-electron chi connectivity index (χ1n) is 11.3. The fourth-order valence-corrected chi connectivity index (χ4v) is 3.35. The molecule has 0 radical (unpaired) electrons. The number of nitro benzene ring substituents is 1. The molecule has 6 rings (SSSR count). The largest absolute Gasteiger partial charge is 0.399 e. The van der Waals surface area contributed by atoms with Crippen LogP contribution in [0.5, 0.6) is 0 Å². The molecule has 3 N–H and O–H groups in total. The normalized spacial score (nSPS) is 10.3. The van der Waals surface area contributed by atoms with E-state index >= 15 is 0 Å². The number of aliphatic hydroxyl groups excluding tert-OH is 1. The molecule has 0 atom stereocenters. The lowest BCUT2D eigenvalue weighted by molar-refractivity contribution is -0.384. The lowest BCUT2D eigenvalue weighted by Gasteiger charge is -1.95. The Morgan fingerprint density at radius 1 is 0.838 bits per heavy atom. The molecular formula is C26H24N8O3. The van der Waals surface area contributed by atoms with Crippen molar-refractivity contribution >= 4 is 22.9 Å². The van der Waals surface area contributed by atoms with Crippen LogP contribution in [-0.4, -0.2) is 45.4 Å². The van der Waals surface area contributed by atoms with Gasteiger partial charge in [-0.15, -0.1) is 0 Å². The van der Waals surface area contributed by atoms with Crippen LogP contribution >= 0.6 is 0 Å². The zero-order valence-electron chi connectivity index (χ0n) is 19.9. The average molecular weight is 497 g/mol. The third-order valence-electron chi connectivity index (χ3n) is 5.05. The molecule has 0 fully saturated rings. The standard InChI is InChI=1S/C12H8N4O2.C12H10N4.C2H6O/c17-16(18)10-4-2-9(3-5-10)11-8-15-7-1-6-13-12(15)14-11;13-10-4-2-9(3-5-10)11-8-16-7-1-6-14-12(16)15-11;1-2-3/h1-8H;1-8H,13H2;3H,2H2,1H3. The van der Waals surface area contributed by atoms with Gasteiger partial charge in [-0.3, -0.25) is 18.9 Å². The van der Waals surface area contributed by atoms with Gasteiger partial charge in [0.25, 0.3) is 5.69 Å². The molecule has 186 valence electrons. The number of fused-ring (bicyclic) bond motifs is 2. The Hall–Kier alpha value is -5.16. The van der Waals surface area contributed by atoms with Crippen LogP contribution in [0, 0.1) is 10.1 Å². The number of nitrogens with zero attached hydrogens (tertiary/aromatic N) is 7. The maximum Gasteiger partial charge on any atom is 0.269 e. The highest BCUT2D eigenvalue weighted by Gasteiger charge is 2.08. The third-order valence-corrected chi connectivity index (χ3v) is 5.05. The molecule has 11 heteroatoms. The molecular weight excluding hydrogens is 472 g/mol. The van der Waals surface area contributed by atoms with Crippen molar-refractivity contribution in [2.24, 2.45) is 0 Å². The number of nitro groups is 1. The van der Waals surface area contributed by atoms with Crippen LogP contribution in [-0.2, 0) is 0 Å². The van der Waals surface area contributed by atoms with Crippen LogP contribution in [0.25, 0.3) is 34.1 Å². The van der Waals surface area contributed by atoms with E-state index in [0.29, 0.717) is 11.6 Å². The van der Waals surface area contributed by atoms with E-state index in [1.54, 1.807) is 35.9 Å². The van der Waals surface area contributed by atoms with Crippen molar-refractivity contribution in [1.82, 2.24) is 28.7 Å². The van der Waals surface area contributed by atoms with Gasteiger partial charge in [-0.05, 0) is 43.3 Å². The monoisotopic (exact) mass is 496 g/mol. The van der Waals surface area contributed by atoms with Gasteiger partial charge in [0.2, 0.25) is 11.6 Å².